The monoisotopic (exact) mass is 581 g/mol. The maximum absolute atomic E-state index is 14.6. The molecule has 0 bridgehead atoms. The highest BCUT2D eigenvalue weighted by atomic mass is 16.5. The molecule has 9 heteroatoms. The number of aliphatic hydroxyl groups is 1. The first-order valence-electron chi connectivity index (χ1n) is 14.7. The van der Waals surface area contributed by atoms with E-state index in [1.165, 1.54) is 0 Å². The van der Waals surface area contributed by atoms with E-state index in [0.717, 1.165) is 16.7 Å². The highest BCUT2D eigenvalue weighted by molar-refractivity contribution is 6.11. The van der Waals surface area contributed by atoms with E-state index in [9.17, 15) is 9.59 Å². The molecule has 0 aliphatic carbocycles. The lowest BCUT2D eigenvalue weighted by Crippen LogP contribution is -2.57. The van der Waals surface area contributed by atoms with E-state index in [4.69, 9.17) is 24.3 Å². The average molecular weight is 582 g/mol. The van der Waals surface area contributed by atoms with Crippen molar-refractivity contribution in [1.82, 2.24) is 4.90 Å². The Labute approximate surface area is 251 Å². The second-order valence-electron chi connectivity index (χ2n) is 10.7. The van der Waals surface area contributed by atoms with Crippen LogP contribution in [0.3, 0.4) is 0 Å². The van der Waals surface area contributed by atoms with E-state index >= 15 is 0 Å². The molecule has 3 aliphatic rings. The predicted molar refractivity (Wildman–Crippen MR) is 163 cm³/mol. The molecule has 1 fully saturated rings. The number of rotatable bonds is 10. The van der Waals surface area contributed by atoms with Gasteiger partial charge in [0.1, 0.15) is 12.3 Å². The van der Waals surface area contributed by atoms with Gasteiger partial charge in [0, 0.05) is 43.7 Å². The quantitative estimate of drug-likeness (QED) is 0.363. The second kappa shape index (κ2) is 12.8. The third kappa shape index (κ3) is 5.91. The lowest BCUT2D eigenvalue weighted by atomic mass is 9.79. The zero-order valence-electron chi connectivity index (χ0n) is 23.9. The van der Waals surface area contributed by atoms with Crippen LogP contribution in [0.15, 0.2) is 89.9 Å². The maximum atomic E-state index is 14.6. The van der Waals surface area contributed by atoms with Gasteiger partial charge in [-0.15, -0.1) is 0 Å². The molecule has 9 nitrogen and oxygen atoms in total. The van der Waals surface area contributed by atoms with Gasteiger partial charge in [-0.1, -0.05) is 60.7 Å². The molecule has 0 aromatic heterocycles. The van der Waals surface area contributed by atoms with Crippen molar-refractivity contribution in [1.29, 1.82) is 0 Å². The number of benzene rings is 3. The Morgan fingerprint density at radius 1 is 1.02 bits per heavy atom. The number of anilines is 1. The van der Waals surface area contributed by atoms with Gasteiger partial charge in [-0.2, -0.15) is 0 Å². The molecule has 222 valence electrons. The number of hydrogen-bond donors (Lipinski definition) is 1. The van der Waals surface area contributed by atoms with Crippen molar-refractivity contribution in [3.8, 4) is 5.75 Å². The summed E-state index contributed by atoms with van der Waals surface area (Å²) in [5, 5.41) is 9.03. The van der Waals surface area contributed by atoms with E-state index in [0.29, 0.717) is 56.7 Å². The van der Waals surface area contributed by atoms with Crippen LogP contribution in [0.1, 0.15) is 35.6 Å². The van der Waals surface area contributed by atoms with Crippen molar-refractivity contribution in [3.63, 3.8) is 0 Å². The van der Waals surface area contributed by atoms with E-state index in [1.54, 1.807) is 9.80 Å². The number of carbonyl (C=O) groups is 2. The number of ether oxygens (including phenoxy) is 3. The van der Waals surface area contributed by atoms with Crippen molar-refractivity contribution in [2.24, 2.45) is 4.99 Å². The number of fused-ring (bicyclic) bond motifs is 3. The number of aliphatic hydroxyl groups excluding tert-OH is 1. The average Bonchev–Trinajstić information content (AvgIpc) is 3.45. The molecule has 1 saturated heterocycles. The van der Waals surface area contributed by atoms with Crippen molar-refractivity contribution >= 4 is 29.5 Å². The van der Waals surface area contributed by atoms with Gasteiger partial charge < -0.3 is 29.1 Å². The summed E-state index contributed by atoms with van der Waals surface area (Å²) in [4.78, 5) is 36.4. The molecule has 0 spiro atoms. The number of morpholine rings is 1. The molecule has 2 amide bonds. The van der Waals surface area contributed by atoms with Crippen molar-refractivity contribution in [2.75, 3.05) is 51.0 Å². The minimum atomic E-state index is -1.30. The summed E-state index contributed by atoms with van der Waals surface area (Å²) in [6.07, 6.45) is 4.11. The highest BCUT2D eigenvalue weighted by Crippen LogP contribution is 2.50. The van der Waals surface area contributed by atoms with Gasteiger partial charge in [0.25, 0.3) is 5.91 Å². The Morgan fingerprint density at radius 2 is 1.77 bits per heavy atom. The standard InChI is InChI=1S/C34H35N3O6/c38-20-7-21-42-27-15-13-26(14-16-27)32-35-34(17-6-10-25-8-2-1-3-9-25)31(43-32)28-11-4-5-12-29(28)37(33(34)40)24-30(39)36-18-22-41-23-19-36/h1-6,8-16,31,38H,7,17-24H2/b10-6+/t31-,34-/m0/s1. The first-order valence-corrected chi connectivity index (χ1v) is 14.7. The first-order chi connectivity index (χ1) is 21.1. The van der Waals surface area contributed by atoms with Crippen LogP contribution in [0, 0.1) is 0 Å². The Morgan fingerprint density at radius 3 is 2.53 bits per heavy atom. The van der Waals surface area contributed by atoms with Gasteiger partial charge in [0.05, 0.1) is 25.5 Å². The van der Waals surface area contributed by atoms with Crippen LogP contribution in [0.4, 0.5) is 5.69 Å². The van der Waals surface area contributed by atoms with Crippen LogP contribution in [0.2, 0.25) is 0 Å². The lowest BCUT2D eigenvalue weighted by Gasteiger charge is -2.41. The molecule has 43 heavy (non-hydrogen) atoms. The summed E-state index contributed by atoms with van der Waals surface area (Å²) in [5.41, 5.74) is 1.91. The van der Waals surface area contributed by atoms with Crippen LogP contribution in [-0.2, 0) is 19.1 Å². The molecule has 3 aromatic rings. The summed E-state index contributed by atoms with van der Waals surface area (Å²) in [5.74, 6) is 0.640. The first kappa shape index (κ1) is 28.6. The Kier molecular flexibility index (Phi) is 8.53. The summed E-state index contributed by atoms with van der Waals surface area (Å²) in [6, 6.07) is 24.9. The zero-order valence-corrected chi connectivity index (χ0v) is 23.9. The molecule has 3 aromatic carbocycles. The van der Waals surface area contributed by atoms with Crippen LogP contribution < -0.4 is 9.64 Å². The molecule has 0 unspecified atom stereocenters. The van der Waals surface area contributed by atoms with Gasteiger partial charge in [0.2, 0.25) is 11.8 Å². The third-order valence-electron chi connectivity index (χ3n) is 7.96. The Balaban J connectivity index is 1.36. The largest absolute Gasteiger partial charge is 0.494 e. The normalized spacial score (nSPS) is 21.3. The second-order valence-corrected chi connectivity index (χ2v) is 10.7. The number of hydrogen-bond acceptors (Lipinski definition) is 7. The fourth-order valence-electron chi connectivity index (χ4n) is 5.72. The molecule has 3 aliphatic heterocycles. The number of carbonyl (C=O) groups excluding carboxylic acids is 2. The minimum Gasteiger partial charge on any atom is -0.494 e. The maximum Gasteiger partial charge on any atom is 0.260 e. The van der Waals surface area contributed by atoms with E-state index in [1.807, 2.05) is 91.0 Å². The fourth-order valence-corrected chi connectivity index (χ4v) is 5.72. The van der Waals surface area contributed by atoms with Gasteiger partial charge in [-0.05, 0) is 35.9 Å². The highest BCUT2D eigenvalue weighted by Gasteiger charge is 2.58. The molecule has 0 saturated carbocycles. The minimum absolute atomic E-state index is 0.0650. The number of nitrogens with zero attached hydrogens (tertiary/aromatic N) is 3. The number of amides is 2. The lowest BCUT2D eigenvalue weighted by molar-refractivity contribution is -0.136. The van der Waals surface area contributed by atoms with Gasteiger partial charge >= 0.3 is 0 Å². The van der Waals surface area contributed by atoms with Crippen LogP contribution in [0.5, 0.6) is 5.75 Å². The molecule has 6 rings (SSSR count). The van der Waals surface area contributed by atoms with Crippen LogP contribution >= 0.6 is 0 Å². The van der Waals surface area contributed by atoms with Crippen LogP contribution in [0.25, 0.3) is 6.08 Å². The summed E-state index contributed by atoms with van der Waals surface area (Å²) < 4.78 is 17.7. The Hall–Kier alpha value is -4.47. The van der Waals surface area contributed by atoms with Gasteiger partial charge in [-0.25, -0.2) is 4.99 Å². The number of para-hydroxylation sites is 1. The summed E-state index contributed by atoms with van der Waals surface area (Å²) in [7, 11) is 0. The topological polar surface area (TPSA) is 101 Å². The summed E-state index contributed by atoms with van der Waals surface area (Å²) in [6.45, 7) is 2.37. The Bertz CT molecular complexity index is 1500. The van der Waals surface area contributed by atoms with Gasteiger partial charge in [0.15, 0.2) is 11.6 Å². The molecular weight excluding hydrogens is 546 g/mol. The van der Waals surface area contributed by atoms with Gasteiger partial charge in [-0.3, -0.25) is 9.59 Å². The summed E-state index contributed by atoms with van der Waals surface area (Å²) >= 11 is 0. The van der Waals surface area contributed by atoms with E-state index in [2.05, 4.69) is 0 Å². The smallest absolute Gasteiger partial charge is 0.260 e. The molecule has 3 heterocycles. The predicted octanol–water partition coefficient (Wildman–Crippen LogP) is 4.01. The molecule has 2 atom stereocenters. The van der Waals surface area contributed by atoms with E-state index in [-0.39, 0.29) is 31.4 Å². The van der Waals surface area contributed by atoms with Crippen molar-refractivity contribution in [3.05, 3.63) is 102 Å². The fraction of sp³-hybridized carbons (Fsp3) is 0.324. The van der Waals surface area contributed by atoms with Crippen molar-refractivity contribution in [2.45, 2.75) is 24.5 Å². The third-order valence-corrected chi connectivity index (χ3v) is 7.96. The van der Waals surface area contributed by atoms with E-state index < -0.39 is 11.6 Å². The number of aliphatic imine (C=N–C) groups is 1. The molecule has 1 N–H and O–H groups in total. The molecule has 0 radical (unpaired) electrons. The SMILES string of the molecule is O=C(CN1C(=O)[C@@]2(C/C=C/c3ccccc3)N=C(c3ccc(OCCCO)cc3)O[C@H]2c2ccccc21)N1CCOCC1. The van der Waals surface area contributed by atoms with Crippen LogP contribution in [-0.4, -0.2) is 79.3 Å². The van der Waals surface area contributed by atoms with Crippen molar-refractivity contribution < 1.29 is 28.9 Å². The zero-order chi connectivity index (χ0) is 29.6. The molecular formula is C34H35N3O6.